The lowest BCUT2D eigenvalue weighted by Crippen LogP contribution is -2.15. The third-order valence-electron chi connectivity index (χ3n) is 8.13. The number of benzene rings is 4. The molecule has 0 atom stereocenters. The zero-order valence-corrected chi connectivity index (χ0v) is 27.5. The Kier molecular flexibility index (Phi) is 8.60. The zero-order valence-electron chi connectivity index (χ0n) is 27.5. The fraction of sp³-hybridized carbons (Fsp3) is 0.308. The molecule has 0 aromatic heterocycles. The molecule has 4 aromatic carbocycles. The zero-order chi connectivity index (χ0) is 33.6. The van der Waals surface area contributed by atoms with Crippen LogP contribution in [0.15, 0.2) is 54.6 Å². The van der Waals surface area contributed by atoms with E-state index < -0.39 is 16.2 Å². The van der Waals surface area contributed by atoms with Crippen LogP contribution in [-0.2, 0) is 16.2 Å². The number of carbonyl (C=O) groups excluding carboxylic acids is 3. The summed E-state index contributed by atoms with van der Waals surface area (Å²) in [6, 6.07) is 15.6. The number of aromatic hydroxyl groups is 3. The lowest BCUT2D eigenvalue weighted by atomic mass is 9.79. The molecule has 6 heteroatoms. The van der Waals surface area contributed by atoms with E-state index in [2.05, 4.69) is 0 Å². The quantitative estimate of drug-likeness (QED) is 0.189. The molecule has 0 aliphatic rings. The number of rotatable bonds is 6. The van der Waals surface area contributed by atoms with Crippen LogP contribution >= 0.6 is 0 Å². The Hall–Kier alpha value is -4.71. The Morgan fingerprint density at radius 2 is 0.644 bits per heavy atom. The molecule has 0 saturated heterocycles. The van der Waals surface area contributed by atoms with Crippen molar-refractivity contribution in [2.24, 2.45) is 0 Å². The van der Waals surface area contributed by atoms with Crippen LogP contribution in [0.4, 0.5) is 0 Å². The maximum Gasteiger partial charge on any atom is 0.150 e. The molecule has 3 N–H and O–H groups in total. The van der Waals surface area contributed by atoms with Gasteiger partial charge in [0.15, 0.2) is 0 Å². The lowest BCUT2D eigenvalue weighted by Gasteiger charge is -2.26. The largest absolute Gasteiger partial charge is 0.507 e. The van der Waals surface area contributed by atoms with Gasteiger partial charge in [-0.05, 0) is 69.3 Å². The van der Waals surface area contributed by atoms with Gasteiger partial charge in [-0.3, -0.25) is 14.4 Å². The van der Waals surface area contributed by atoms with Gasteiger partial charge < -0.3 is 15.3 Å². The Morgan fingerprint density at radius 1 is 0.422 bits per heavy atom. The van der Waals surface area contributed by atoms with Crippen LogP contribution in [0.3, 0.4) is 0 Å². The van der Waals surface area contributed by atoms with Gasteiger partial charge in [0.25, 0.3) is 0 Å². The first-order valence-electron chi connectivity index (χ1n) is 15.0. The molecule has 4 aromatic rings. The summed E-state index contributed by atoms with van der Waals surface area (Å²) >= 11 is 0. The van der Waals surface area contributed by atoms with Crippen molar-refractivity contribution in [2.75, 3.05) is 0 Å². The SMILES string of the molecule is CC(C)(C)c1c(C=O)ccc(-c2cc(-c3ccc(C=O)c(C(C)(C)C)c3O)cc(-c3ccc(C=O)c(C(C)(C)C)c3O)c2)c1O. The van der Waals surface area contributed by atoms with E-state index in [0.29, 0.717) is 66.8 Å². The van der Waals surface area contributed by atoms with E-state index in [1.165, 1.54) is 0 Å². The summed E-state index contributed by atoms with van der Waals surface area (Å²) in [5.41, 5.74) is 4.15. The van der Waals surface area contributed by atoms with Crippen molar-refractivity contribution >= 4 is 18.9 Å². The standard InChI is InChI=1S/C39H42O6/c1-37(2,3)31-22(19-40)10-13-28(34(31)43)25-16-26(29-14-11-23(20-41)32(35(29)44)38(4,5)6)18-27(17-25)30-15-12-24(21-42)33(36(30)45)39(7,8)9/h10-21,43-45H,1-9H3. The molecule has 234 valence electrons. The van der Waals surface area contributed by atoms with Gasteiger partial charge in [-0.2, -0.15) is 0 Å². The summed E-state index contributed by atoms with van der Waals surface area (Å²) in [5.74, 6) is -0.119. The first kappa shape index (κ1) is 33.2. The fourth-order valence-corrected chi connectivity index (χ4v) is 6.27. The predicted octanol–water partition coefficient (Wildman–Crippen LogP) is 9.13. The fourth-order valence-electron chi connectivity index (χ4n) is 6.27. The van der Waals surface area contributed by atoms with E-state index >= 15 is 0 Å². The van der Waals surface area contributed by atoms with Crippen LogP contribution in [0.5, 0.6) is 17.2 Å². The molecule has 6 nitrogen and oxygen atoms in total. The molecular weight excluding hydrogens is 564 g/mol. The van der Waals surface area contributed by atoms with Gasteiger partial charge in [-0.15, -0.1) is 0 Å². The highest BCUT2D eigenvalue weighted by Gasteiger charge is 2.28. The maximum absolute atomic E-state index is 11.9. The predicted molar refractivity (Wildman–Crippen MR) is 180 cm³/mol. The Bertz CT molecular complexity index is 1600. The highest BCUT2D eigenvalue weighted by atomic mass is 16.3. The first-order valence-corrected chi connectivity index (χ1v) is 15.0. The molecule has 0 radical (unpaired) electrons. The normalized spacial score (nSPS) is 12.2. The minimum Gasteiger partial charge on any atom is -0.507 e. The summed E-state index contributed by atoms with van der Waals surface area (Å²) in [6.07, 6.45) is 2.19. The molecule has 0 fully saturated rings. The minimum absolute atomic E-state index is 0.0398. The van der Waals surface area contributed by atoms with Crippen molar-refractivity contribution in [3.8, 4) is 50.6 Å². The van der Waals surface area contributed by atoms with Gasteiger partial charge in [0.2, 0.25) is 0 Å². The molecular formula is C39H42O6. The highest BCUT2D eigenvalue weighted by molar-refractivity contribution is 5.92. The second-order valence-corrected chi connectivity index (χ2v) is 14.7. The number of aldehydes is 3. The maximum atomic E-state index is 11.9. The van der Waals surface area contributed by atoms with E-state index in [0.717, 1.165) is 18.9 Å². The summed E-state index contributed by atoms with van der Waals surface area (Å²) in [7, 11) is 0. The van der Waals surface area contributed by atoms with Gasteiger partial charge in [0, 0.05) is 50.1 Å². The molecule has 0 unspecified atom stereocenters. The molecule has 0 amide bonds. The average molecular weight is 607 g/mol. The van der Waals surface area contributed by atoms with Crippen LogP contribution in [0.25, 0.3) is 33.4 Å². The van der Waals surface area contributed by atoms with Gasteiger partial charge >= 0.3 is 0 Å². The highest BCUT2D eigenvalue weighted by Crippen LogP contribution is 2.47. The Balaban J connectivity index is 2.15. The number of carbonyl (C=O) groups is 3. The van der Waals surface area contributed by atoms with Crippen LogP contribution in [0, 0.1) is 0 Å². The number of phenolic OH excluding ortho intramolecular Hbond substituents is 3. The average Bonchev–Trinajstić information content (AvgIpc) is 2.94. The summed E-state index contributed by atoms with van der Waals surface area (Å²) in [4.78, 5) is 35.8. The van der Waals surface area contributed by atoms with Gasteiger partial charge in [0.05, 0.1) is 0 Å². The van der Waals surface area contributed by atoms with E-state index in [1.54, 1.807) is 36.4 Å². The van der Waals surface area contributed by atoms with Crippen LogP contribution in [0.2, 0.25) is 0 Å². The summed E-state index contributed by atoms with van der Waals surface area (Å²) in [6.45, 7) is 17.3. The molecule has 0 heterocycles. The van der Waals surface area contributed by atoms with Crippen LogP contribution in [-0.4, -0.2) is 34.2 Å². The topological polar surface area (TPSA) is 112 Å². The van der Waals surface area contributed by atoms with Crippen molar-refractivity contribution in [3.63, 3.8) is 0 Å². The minimum atomic E-state index is -0.550. The van der Waals surface area contributed by atoms with Gasteiger partial charge in [-0.25, -0.2) is 0 Å². The second-order valence-electron chi connectivity index (χ2n) is 14.7. The second kappa shape index (κ2) is 11.7. The van der Waals surface area contributed by atoms with Crippen molar-refractivity contribution < 1.29 is 29.7 Å². The summed E-state index contributed by atoms with van der Waals surface area (Å²) in [5, 5.41) is 34.9. The smallest absolute Gasteiger partial charge is 0.150 e. The van der Waals surface area contributed by atoms with Crippen molar-refractivity contribution in [3.05, 3.63) is 88.0 Å². The first-order chi connectivity index (χ1) is 20.8. The summed E-state index contributed by atoms with van der Waals surface area (Å²) < 4.78 is 0. The van der Waals surface area contributed by atoms with E-state index in [9.17, 15) is 29.7 Å². The molecule has 0 bridgehead atoms. The third kappa shape index (κ3) is 6.15. The van der Waals surface area contributed by atoms with Crippen LogP contribution < -0.4 is 0 Å². The molecule has 45 heavy (non-hydrogen) atoms. The van der Waals surface area contributed by atoms with Crippen LogP contribution in [0.1, 0.15) is 110 Å². The molecule has 0 aliphatic carbocycles. The molecule has 0 spiro atoms. The lowest BCUT2D eigenvalue weighted by molar-refractivity contribution is 0.111. The van der Waals surface area contributed by atoms with Crippen molar-refractivity contribution in [1.29, 1.82) is 0 Å². The molecule has 0 saturated carbocycles. The van der Waals surface area contributed by atoms with Crippen molar-refractivity contribution in [2.45, 2.75) is 78.6 Å². The van der Waals surface area contributed by atoms with E-state index in [4.69, 9.17) is 0 Å². The van der Waals surface area contributed by atoms with E-state index in [1.807, 2.05) is 80.5 Å². The molecule has 4 rings (SSSR count). The monoisotopic (exact) mass is 606 g/mol. The third-order valence-corrected chi connectivity index (χ3v) is 8.13. The molecule has 0 aliphatic heterocycles. The number of hydrogen-bond acceptors (Lipinski definition) is 6. The number of phenols is 3. The van der Waals surface area contributed by atoms with Gasteiger partial charge in [0.1, 0.15) is 36.1 Å². The number of hydrogen-bond donors (Lipinski definition) is 3. The van der Waals surface area contributed by atoms with Crippen molar-refractivity contribution in [1.82, 2.24) is 0 Å². The van der Waals surface area contributed by atoms with E-state index in [-0.39, 0.29) is 17.2 Å². The Labute approximate surface area is 265 Å². The Morgan fingerprint density at radius 3 is 0.822 bits per heavy atom. The van der Waals surface area contributed by atoms with Gasteiger partial charge in [-0.1, -0.05) is 80.5 Å².